The fourth-order valence-electron chi connectivity index (χ4n) is 3.03. The Bertz CT molecular complexity index is 1030. The van der Waals surface area contributed by atoms with Gasteiger partial charge < -0.3 is 14.6 Å². The number of piperazine rings is 1. The molecule has 132 valence electrons. The molecule has 6 nitrogen and oxygen atoms in total. The Labute approximate surface area is 168 Å². The molecule has 26 heavy (non-hydrogen) atoms. The highest BCUT2D eigenvalue weighted by Gasteiger charge is 2.28. The number of hydrogen-bond acceptors (Lipinski definition) is 6. The number of fused-ring (bicyclic) bond motifs is 1. The summed E-state index contributed by atoms with van der Waals surface area (Å²) in [6.07, 6.45) is 1.73. The van der Waals surface area contributed by atoms with E-state index in [0.717, 1.165) is 14.8 Å². The lowest BCUT2D eigenvalue weighted by Crippen LogP contribution is -2.48. The number of rotatable bonds is 2. The highest BCUT2D eigenvalue weighted by molar-refractivity contribution is 14.1. The van der Waals surface area contributed by atoms with Crippen LogP contribution in [0.5, 0.6) is 0 Å². The van der Waals surface area contributed by atoms with Gasteiger partial charge in [-0.25, -0.2) is 4.79 Å². The topological polar surface area (TPSA) is 71.3 Å². The molecule has 8 heteroatoms. The van der Waals surface area contributed by atoms with Crippen molar-refractivity contribution in [2.24, 2.45) is 0 Å². The van der Waals surface area contributed by atoms with Gasteiger partial charge in [0.05, 0.1) is 20.3 Å². The predicted octanol–water partition coefficient (Wildman–Crippen LogP) is 3.66. The first-order valence-electron chi connectivity index (χ1n) is 8.05. The summed E-state index contributed by atoms with van der Waals surface area (Å²) in [4.78, 5) is 22.2. The lowest BCUT2D eigenvalue weighted by molar-refractivity contribution is 0.496. The molecule has 0 bridgehead atoms. The molecule has 0 aliphatic carbocycles. The summed E-state index contributed by atoms with van der Waals surface area (Å²) in [5.41, 5.74) is 3.38. The Hall–Kier alpha value is -2.09. The van der Waals surface area contributed by atoms with Crippen molar-refractivity contribution in [3.05, 3.63) is 44.8 Å². The number of pyridine rings is 1. The molecule has 1 aliphatic rings. The summed E-state index contributed by atoms with van der Waals surface area (Å²) in [6, 6.07) is 7.79. The Kier molecular flexibility index (Phi) is 4.60. The smallest absolute Gasteiger partial charge is 0.299 e. The molecule has 1 atom stereocenters. The summed E-state index contributed by atoms with van der Waals surface area (Å²) >= 11 is 8.58. The number of anilines is 1. The van der Waals surface area contributed by atoms with E-state index in [1.54, 1.807) is 6.20 Å². The van der Waals surface area contributed by atoms with Crippen molar-refractivity contribution in [2.45, 2.75) is 13.0 Å². The van der Waals surface area contributed by atoms with E-state index in [-0.39, 0.29) is 6.04 Å². The Morgan fingerprint density at radius 3 is 3.04 bits per heavy atom. The first-order valence-corrected chi connectivity index (χ1v) is 9.51. The van der Waals surface area contributed by atoms with Gasteiger partial charge in [0, 0.05) is 24.8 Å². The summed E-state index contributed by atoms with van der Waals surface area (Å²) in [5, 5.41) is 3.66. The largest absolute Gasteiger partial charge is 0.423 e. The van der Waals surface area contributed by atoms with Crippen LogP contribution in [0.3, 0.4) is 0 Å². The van der Waals surface area contributed by atoms with Crippen LogP contribution in [0.1, 0.15) is 6.92 Å². The van der Waals surface area contributed by atoms with Crippen molar-refractivity contribution < 1.29 is 9.21 Å². The van der Waals surface area contributed by atoms with Crippen LogP contribution >= 0.6 is 34.2 Å². The fraction of sp³-hybridized carbons (Fsp3) is 0.222. The van der Waals surface area contributed by atoms with Crippen molar-refractivity contribution >= 4 is 57.2 Å². The average Bonchev–Trinajstić information content (AvgIpc) is 3.11. The highest BCUT2D eigenvalue weighted by atomic mass is 127. The van der Waals surface area contributed by atoms with E-state index in [4.69, 9.17) is 16.0 Å². The minimum absolute atomic E-state index is 0.194. The number of nitrogens with zero attached hydrogens (tertiary/aromatic N) is 3. The molecular formula is C18H14ClIN4O2. The molecule has 0 amide bonds. The lowest BCUT2D eigenvalue weighted by atomic mass is 10.1. The third-order valence-corrected chi connectivity index (χ3v) is 6.11. The van der Waals surface area contributed by atoms with E-state index in [0.29, 0.717) is 40.9 Å². The summed E-state index contributed by atoms with van der Waals surface area (Å²) in [5.74, 6) is 1.96. The van der Waals surface area contributed by atoms with Gasteiger partial charge in [-0.05, 0) is 47.7 Å². The van der Waals surface area contributed by atoms with Crippen LogP contribution in [-0.4, -0.2) is 35.0 Å². The van der Waals surface area contributed by atoms with Gasteiger partial charge in [-0.1, -0.05) is 17.7 Å². The van der Waals surface area contributed by atoms with Crippen LogP contribution in [0.15, 0.2) is 40.6 Å². The average molecular weight is 481 g/mol. The molecular weight excluding hydrogens is 467 g/mol. The normalized spacial score (nSPS) is 17.3. The van der Waals surface area contributed by atoms with Crippen LogP contribution in [0.25, 0.3) is 22.4 Å². The second kappa shape index (κ2) is 6.90. The second-order valence-corrected chi connectivity index (χ2v) is 7.41. The minimum atomic E-state index is -0.194. The van der Waals surface area contributed by atoms with Gasteiger partial charge in [-0.2, -0.15) is 4.98 Å². The third-order valence-electron chi connectivity index (χ3n) is 4.40. The highest BCUT2D eigenvalue weighted by Crippen LogP contribution is 2.38. The Morgan fingerprint density at radius 1 is 1.46 bits per heavy atom. The van der Waals surface area contributed by atoms with Crippen molar-refractivity contribution in [1.82, 2.24) is 15.3 Å². The van der Waals surface area contributed by atoms with E-state index in [1.807, 2.05) is 42.0 Å². The first-order chi connectivity index (χ1) is 12.6. The summed E-state index contributed by atoms with van der Waals surface area (Å²) < 4.78 is 6.95. The van der Waals surface area contributed by atoms with Crippen LogP contribution in [-0.2, 0) is 4.79 Å². The number of nitrogens with one attached hydrogen (secondary N) is 1. The molecule has 1 fully saturated rings. The third kappa shape index (κ3) is 2.86. The van der Waals surface area contributed by atoms with Gasteiger partial charge >= 0.3 is 0 Å². The first kappa shape index (κ1) is 17.3. The molecule has 4 rings (SSSR count). The molecule has 2 aromatic heterocycles. The number of benzene rings is 1. The van der Waals surface area contributed by atoms with E-state index in [1.165, 1.54) is 0 Å². The van der Waals surface area contributed by atoms with Crippen LogP contribution < -0.4 is 10.2 Å². The van der Waals surface area contributed by atoms with Gasteiger partial charge in [-0.15, -0.1) is 0 Å². The zero-order valence-corrected chi connectivity index (χ0v) is 16.7. The molecule has 1 unspecified atom stereocenters. The Morgan fingerprint density at radius 2 is 2.31 bits per heavy atom. The predicted molar refractivity (Wildman–Crippen MR) is 109 cm³/mol. The zero-order valence-electron chi connectivity index (χ0n) is 13.8. The maximum absolute atomic E-state index is 11.1. The summed E-state index contributed by atoms with van der Waals surface area (Å²) in [6.45, 7) is 3.21. The van der Waals surface area contributed by atoms with E-state index >= 15 is 0 Å². The standard InChI is InChI=1S/C18H14ClIN4O2/c1-10-14(9-25)22-6-7-24(10)18-23-16-15(20)12(19)8-11(17(16)26-18)13-4-2-3-5-21-13/h2-5,8,10,22H,6-7H2,1H3. The molecule has 1 saturated heterocycles. The molecule has 1 N–H and O–H groups in total. The maximum Gasteiger partial charge on any atom is 0.299 e. The maximum atomic E-state index is 11.1. The molecule has 0 radical (unpaired) electrons. The lowest BCUT2D eigenvalue weighted by Gasteiger charge is -2.33. The zero-order chi connectivity index (χ0) is 18.3. The minimum Gasteiger partial charge on any atom is -0.423 e. The SMILES string of the molecule is CC1C(=C=O)NCCN1c1nc2c(I)c(Cl)cc(-c3ccccn3)c2o1. The number of aromatic nitrogens is 2. The van der Waals surface area contributed by atoms with E-state index in [2.05, 4.69) is 37.9 Å². The number of hydrogen-bond donors (Lipinski definition) is 1. The van der Waals surface area contributed by atoms with Crippen molar-refractivity contribution in [3.63, 3.8) is 0 Å². The fourth-order valence-corrected chi connectivity index (χ4v) is 3.75. The molecule has 0 spiro atoms. The molecule has 0 saturated carbocycles. The number of oxazole rings is 1. The monoisotopic (exact) mass is 480 g/mol. The van der Waals surface area contributed by atoms with Crippen LogP contribution in [0, 0.1) is 3.57 Å². The molecule has 1 aliphatic heterocycles. The van der Waals surface area contributed by atoms with Gasteiger partial charge in [-0.3, -0.25) is 4.98 Å². The van der Waals surface area contributed by atoms with Gasteiger partial charge in [0.1, 0.15) is 17.2 Å². The summed E-state index contributed by atoms with van der Waals surface area (Å²) in [7, 11) is 0. The van der Waals surface area contributed by atoms with Crippen molar-refractivity contribution in [2.75, 3.05) is 18.0 Å². The van der Waals surface area contributed by atoms with E-state index in [9.17, 15) is 4.79 Å². The van der Waals surface area contributed by atoms with Crippen LogP contribution in [0.2, 0.25) is 5.02 Å². The van der Waals surface area contributed by atoms with Crippen LogP contribution in [0.4, 0.5) is 6.01 Å². The van der Waals surface area contributed by atoms with Crippen molar-refractivity contribution in [1.29, 1.82) is 0 Å². The number of halogens is 2. The number of carbonyl (C=O) groups excluding carboxylic acids is 1. The van der Waals surface area contributed by atoms with E-state index < -0.39 is 0 Å². The van der Waals surface area contributed by atoms with Gasteiger partial charge in [0.15, 0.2) is 5.58 Å². The van der Waals surface area contributed by atoms with Gasteiger partial charge in [0.25, 0.3) is 6.01 Å². The quantitative estimate of drug-likeness (QED) is 0.446. The molecule has 3 heterocycles. The molecule has 1 aromatic carbocycles. The van der Waals surface area contributed by atoms with Crippen molar-refractivity contribution in [3.8, 4) is 11.3 Å². The Balaban J connectivity index is 1.89. The molecule has 3 aromatic rings. The second-order valence-electron chi connectivity index (χ2n) is 5.92. The van der Waals surface area contributed by atoms with Gasteiger partial charge in [0.2, 0.25) is 0 Å².